The summed E-state index contributed by atoms with van der Waals surface area (Å²) < 4.78 is 29.9. The Balaban J connectivity index is 1.86. The number of ether oxygens (including phenoxy) is 1. The number of nitrogens with one attached hydrogen (secondary N) is 3. The highest BCUT2D eigenvalue weighted by atomic mass is 32.2. The molecule has 0 aliphatic carbocycles. The van der Waals surface area contributed by atoms with Gasteiger partial charge in [0.1, 0.15) is 0 Å². The molecule has 0 saturated carbocycles. The van der Waals surface area contributed by atoms with Gasteiger partial charge in [0, 0.05) is 37.9 Å². The molecule has 3 N–H and O–H groups in total. The van der Waals surface area contributed by atoms with Crippen molar-refractivity contribution in [1.82, 2.24) is 14.9 Å². The van der Waals surface area contributed by atoms with Crippen molar-refractivity contribution in [3.05, 3.63) is 29.8 Å². The predicted octanol–water partition coefficient (Wildman–Crippen LogP) is -0.172. The lowest BCUT2D eigenvalue weighted by molar-refractivity contribution is 0.00167. The summed E-state index contributed by atoms with van der Waals surface area (Å²) in [5.74, 6) is -0.250. The molecule has 1 saturated heterocycles. The molecule has 0 aromatic heterocycles. The molecule has 0 radical (unpaired) electrons. The lowest BCUT2D eigenvalue weighted by atomic mass is 10.2. The fourth-order valence-electron chi connectivity index (χ4n) is 2.38. The second-order valence-corrected chi connectivity index (χ2v) is 7.59. The van der Waals surface area contributed by atoms with Crippen LogP contribution in [0.2, 0.25) is 0 Å². The van der Waals surface area contributed by atoms with Gasteiger partial charge in [0.05, 0.1) is 19.0 Å². The maximum absolute atomic E-state index is 12.0. The highest BCUT2D eigenvalue weighted by molar-refractivity contribution is 7.88. The summed E-state index contributed by atoms with van der Waals surface area (Å²) in [6.07, 6.45) is 0.737. The van der Waals surface area contributed by atoms with E-state index in [1.54, 1.807) is 24.3 Å². The Morgan fingerprint density at radius 2 is 2.12 bits per heavy atom. The van der Waals surface area contributed by atoms with Gasteiger partial charge in [-0.1, -0.05) is 6.07 Å². The van der Waals surface area contributed by atoms with E-state index in [0.717, 1.165) is 6.26 Å². The van der Waals surface area contributed by atoms with Crippen molar-refractivity contribution in [2.75, 3.05) is 44.9 Å². The summed E-state index contributed by atoms with van der Waals surface area (Å²) in [6.45, 7) is 0.973. The molecule has 3 amide bonds. The zero-order chi connectivity index (χ0) is 18.4. The summed E-state index contributed by atoms with van der Waals surface area (Å²) >= 11 is 0. The van der Waals surface area contributed by atoms with Crippen LogP contribution in [0.15, 0.2) is 24.3 Å². The van der Waals surface area contributed by atoms with Crippen molar-refractivity contribution in [2.45, 2.75) is 6.10 Å². The molecule has 1 atom stereocenters. The van der Waals surface area contributed by atoms with Crippen LogP contribution in [0.3, 0.4) is 0 Å². The third-order valence-electron chi connectivity index (χ3n) is 3.67. The van der Waals surface area contributed by atoms with Gasteiger partial charge in [0.25, 0.3) is 5.91 Å². The Bertz CT molecular complexity index is 737. The Morgan fingerprint density at radius 1 is 1.36 bits per heavy atom. The highest BCUT2D eigenvalue weighted by Crippen LogP contribution is 2.11. The van der Waals surface area contributed by atoms with Gasteiger partial charge in [0.2, 0.25) is 10.0 Å². The number of benzene rings is 1. The average Bonchev–Trinajstić information content (AvgIpc) is 2.59. The van der Waals surface area contributed by atoms with Crippen LogP contribution < -0.4 is 16.0 Å². The number of rotatable bonds is 5. The van der Waals surface area contributed by atoms with E-state index in [9.17, 15) is 18.0 Å². The zero-order valence-corrected chi connectivity index (χ0v) is 14.9. The van der Waals surface area contributed by atoms with Crippen LogP contribution >= 0.6 is 0 Å². The number of sulfonamides is 1. The van der Waals surface area contributed by atoms with Crippen molar-refractivity contribution in [3.8, 4) is 0 Å². The molecule has 1 aliphatic rings. The first-order valence-electron chi connectivity index (χ1n) is 7.73. The lowest BCUT2D eigenvalue weighted by Crippen LogP contribution is -2.49. The van der Waals surface area contributed by atoms with Crippen molar-refractivity contribution >= 4 is 27.6 Å². The molecular formula is C15H22N4O5S. The average molecular weight is 370 g/mol. The van der Waals surface area contributed by atoms with Crippen molar-refractivity contribution in [1.29, 1.82) is 0 Å². The van der Waals surface area contributed by atoms with Gasteiger partial charge >= 0.3 is 6.03 Å². The van der Waals surface area contributed by atoms with Crippen LogP contribution in [0, 0.1) is 0 Å². The van der Waals surface area contributed by atoms with Gasteiger partial charge < -0.3 is 20.7 Å². The smallest absolute Gasteiger partial charge is 0.319 e. The first kappa shape index (κ1) is 19.2. The molecule has 10 heteroatoms. The van der Waals surface area contributed by atoms with Crippen molar-refractivity contribution in [2.24, 2.45) is 0 Å². The van der Waals surface area contributed by atoms with Crippen LogP contribution in [0.25, 0.3) is 0 Å². The second-order valence-electron chi connectivity index (χ2n) is 5.61. The van der Waals surface area contributed by atoms with Gasteiger partial charge in [-0.3, -0.25) is 4.79 Å². The van der Waals surface area contributed by atoms with Crippen molar-refractivity contribution < 1.29 is 22.7 Å². The molecule has 1 aromatic carbocycles. The van der Waals surface area contributed by atoms with E-state index in [4.69, 9.17) is 4.74 Å². The second kappa shape index (κ2) is 8.28. The molecule has 138 valence electrons. The molecule has 2 rings (SSSR count). The molecule has 1 unspecified atom stereocenters. The maximum Gasteiger partial charge on any atom is 0.319 e. The number of urea groups is 1. The summed E-state index contributed by atoms with van der Waals surface area (Å²) in [6, 6.07) is 6.05. The van der Waals surface area contributed by atoms with E-state index >= 15 is 0 Å². The molecule has 1 heterocycles. The summed E-state index contributed by atoms with van der Waals surface area (Å²) in [5.41, 5.74) is 0.903. The number of hydrogen-bond donors (Lipinski definition) is 3. The third kappa shape index (κ3) is 5.69. The monoisotopic (exact) mass is 370 g/mol. The summed E-state index contributed by atoms with van der Waals surface area (Å²) in [5, 5.41) is 7.77. The van der Waals surface area contributed by atoms with E-state index in [0.29, 0.717) is 17.8 Å². The molecular weight excluding hydrogens is 348 g/mol. The quantitative estimate of drug-likeness (QED) is 0.665. The molecule has 25 heavy (non-hydrogen) atoms. The van der Waals surface area contributed by atoms with Crippen LogP contribution in [0.1, 0.15) is 10.4 Å². The fraction of sp³-hybridized carbons (Fsp3) is 0.467. The Hall–Kier alpha value is -2.17. The predicted molar refractivity (Wildman–Crippen MR) is 93.0 cm³/mol. The number of carbonyl (C=O) groups is 2. The van der Waals surface area contributed by atoms with Gasteiger partial charge in [0.15, 0.2) is 0 Å². The lowest BCUT2D eigenvalue weighted by Gasteiger charge is -2.31. The largest absolute Gasteiger partial charge is 0.374 e. The van der Waals surface area contributed by atoms with Crippen LogP contribution in [-0.2, 0) is 14.8 Å². The third-order valence-corrected chi connectivity index (χ3v) is 4.94. The molecule has 0 bridgehead atoms. The minimum absolute atomic E-state index is 0.174. The Kier molecular flexibility index (Phi) is 6.34. The number of hydrogen-bond acceptors (Lipinski definition) is 5. The topological polar surface area (TPSA) is 117 Å². The molecule has 1 fully saturated rings. The van der Waals surface area contributed by atoms with E-state index in [1.807, 2.05) is 0 Å². The van der Waals surface area contributed by atoms with E-state index in [-0.39, 0.29) is 25.6 Å². The fourth-order valence-corrected chi connectivity index (χ4v) is 3.22. The Morgan fingerprint density at radius 3 is 2.80 bits per heavy atom. The first-order chi connectivity index (χ1) is 11.8. The summed E-state index contributed by atoms with van der Waals surface area (Å²) in [7, 11) is -1.75. The van der Waals surface area contributed by atoms with E-state index < -0.39 is 22.2 Å². The molecule has 1 aromatic rings. The van der Waals surface area contributed by atoms with Gasteiger partial charge in [-0.25, -0.2) is 13.2 Å². The minimum Gasteiger partial charge on any atom is -0.374 e. The molecule has 1 aliphatic heterocycles. The highest BCUT2D eigenvalue weighted by Gasteiger charge is 2.26. The standard InChI is InChI=1S/C15H22N4O5S/c1-16-14(20)11-4-3-5-12(8-11)18-15(21)17-9-13-10-19(6-7-24-13)25(2,22)23/h3-5,8,13H,6-7,9-10H2,1-2H3,(H,16,20)(H2,17,18,21). The van der Waals surface area contributed by atoms with E-state index in [2.05, 4.69) is 16.0 Å². The van der Waals surface area contributed by atoms with Gasteiger partial charge in [-0.2, -0.15) is 4.31 Å². The summed E-state index contributed by atoms with van der Waals surface area (Å²) in [4.78, 5) is 23.6. The number of anilines is 1. The molecule has 9 nitrogen and oxygen atoms in total. The number of carbonyl (C=O) groups excluding carboxylic acids is 2. The van der Waals surface area contributed by atoms with Gasteiger partial charge in [-0.15, -0.1) is 0 Å². The zero-order valence-electron chi connectivity index (χ0n) is 14.1. The Labute approximate surface area is 146 Å². The normalized spacial score (nSPS) is 18.4. The number of morpholine rings is 1. The van der Waals surface area contributed by atoms with E-state index in [1.165, 1.54) is 11.4 Å². The minimum atomic E-state index is -3.27. The van der Waals surface area contributed by atoms with Crippen LogP contribution in [-0.4, -0.2) is 70.3 Å². The molecule has 0 spiro atoms. The van der Waals surface area contributed by atoms with Gasteiger partial charge in [-0.05, 0) is 18.2 Å². The van der Waals surface area contributed by atoms with Crippen LogP contribution in [0.5, 0.6) is 0 Å². The van der Waals surface area contributed by atoms with Crippen molar-refractivity contribution in [3.63, 3.8) is 0 Å². The number of amides is 3. The number of nitrogens with zero attached hydrogens (tertiary/aromatic N) is 1. The van der Waals surface area contributed by atoms with Crippen LogP contribution in [0.4, 0.5) is 10.5 Å². The maximum atomic E-state index is 12.0. The first-order valence-corrected chi connectivity index (χ1v) is 9.58. The SMILES string of the molecule is CNC(=O)c1cccc(NC(=O)NCC2CN(S(C)(=O)=O)CCO2)c1.